The molecule has 0 fully saturated rings. The first-order chi connectivity index (χ1) is 6.38. The van der Waals surface area contributed by atoms with Crippen LogP contribution in [-0.4, -0.2) is 0 Å². The van der Waals surface area contributed by atoms with Crippen LogP contribution in [0.25, 0.3) is 11.1 Å². The number of hydrogen-bond acceptors (Lipinski definition) is 1. The van der Waals surface area contributed by atoms with E-state index in [1.165, 1.54) is 0 Å². The Hall–Kier alpha value is -1.16. The molecule has 0 heterocycles. The van der Waals surface area contributed by atoms with Crippen LogP contribution in [0.4, 0.5) is 0 Å². The van der Waals surface area contributed by atoms with Crippen molar-refractivity contribution in [1.82, 2.24) is 0 Å². The standard InChI is InChI=1S/C12H10O.Li/c13-12-9-5-4-8-11(12)10-6-2-1-3-7-10;/h1-9,13H;/q;+1/p-1. The molecule has 2 aromatic rings. The molecule has 0 aliphatic heterocycles. The van der Waals surface area contributed by atoms with Crippen molar-refractivity contribution in [2.45, 2.75) is 0 Å². The minimum absolute atomic E-state index is 0. The molecule has 0 bridgehead atoms. The summed E-state index contributed by atoms with van der Waals surface area (Å²) in [6.45, 7) is 0. The molecule has 0 radical (unpaired) electrons. The predicted molar refractivity (Wildman–Crippen MR) is 51.3 cm³/mol. The van der Waals surface area contributed by atoms with E-state index in [4.69, 9.17) is 0 Å². The van der Waals surface area contributed by atoms with Gasteiger partial charge in [0.15, 0.2) is 0 Å². The molecule has 0 atom stereocenters. The molecule has 0 aliphatic carbocycles. The molecule has 0 saturated heterocycles. The molecule has 2 rings (SSSR count). The van der Waals surface area contributed by atoms with E-state index in [1.54, 1.807) is 12.1 Å². The second kappa shape index (κ2) is 4.90. The zero-order valence-electron chi connectivity index (χ0n) is 8.10. The van der Waals surface area contributed by atoms with Crippen molar-refractivity contribution in [3.63, 3.8) is 0 Å². The third-order valence-electron chi connectivity index (χ3n) is 1.97. The number of para-hydroxylation sites is 1. The largest absolute Gasteiger partial charge is 1.00 e. The molecule has 0 amide bonds. The van der Waals surface area contributed by atoms with Crippen LogP contribution in [0.1, 0.15) is 0 Å². The Morgan fingerprint density at radius 2 is 1.29 bits per heavy atom. The fourth-order valence-corrected chi connectivity index (χ4v) is 1.32. The summed E-state index contributed by atoms with van der Waals surface area (Å²) in [5, 5.41) is 11.4. The van der Waals surface area contributed by atoms with Crippen molar-refractivity contribution < 1.29 is 24.0 Å². The van der Waals surface area contributed by atoms with Crippen LogP contribution in [0.5, 0.6) is 5.75 Å². The average molecular weight is 176 g/mol. The Kier molecular flexibility index (Phi) is 3.82. The molecule has 2 aromatic carbocycles. The van der Waals surface area contributed by atoms with E-state index in [0.717, 1.165) is 11.1 Å². The molecule has 0 N–H and O–H groups in total. The van der Waals surface area contributed by atoms with E-state index in [1.807, 2.05) is 42.5 Å². The summed E-state index contributed by atoms with van der Waals surface area (Å²) in [6.07, 6.45) is 0. The van der Waals surface area contributed by atoms with Crippen LogP contribution in [-0.2, 0) is 0 Å². The number of benzene rings is 2. The van der Waals surface area contributed by atoms with E-state index >= 15 is 0 Å². The van der Waals surface area contributed by atoms with Crippen LogP contribution >= 0.6 is 0 Å². The predicted octanol–water partition coefficient (Wildman–Crippen LogP) is -0.569. The SMILES string of the molecule is [Li+].[O-]c1ccccc1-c1ccccc1. The Morgan fingerprint density at radius 1 is 0.714 bits per heavy atom. The maximum atomic E-state index is 11.4. The van der Waals surface area contributed by atoms with Crippen molar-refractivity contribution >= 4 is 0 Å². The molecular weight excluding hydrogens is 167 g/mol. The van der Waals surface area contributed by atoms with Crippen molar-refractivity contribution in [2.75, 3.05) is 0 Å². The van der Waals surface area contributed by atoms with Gasteiger partial charge in [0.25, 0.3) is 0 Å². The van der Waals surface area contributed by atoms with Gasteiger partial charge in [-0.05, 0) is 11.1 Å². The van der Waals surface area contributed by atoms with E-state index in [2.05, 4.69) is 0 Å². The second-order valence-corrected chi connectivity index (χ2v) is 2.86. The van der Waals surface area contributed by atoms with Gasteiger partial charge in [0.05, 0.1) is 0 Å². The van der Waals surface area contributed by atoms with Crippen LogP contribution in [0.3, 0.4) is 0 Å². The van der Waals surface area contributed by atoms with Crippen molar-refractivity contribution in [1.29, 1.82) is 0 Å². The molecule has 0 aliphatic rings. The molecule has 64 valence electrons. The van der Waals surface area contributed by atoms with E-state index < -0.39 is 0 Å². The fraction of sp³-hybridized carbons (Fsp3) is 0. The summed E-state index contributed by atoms with van der Waals surface area (Å²) in [7, 11) is 0. The quantitative estimate of drug-likeness (QED) is 0.534. The molecule has 2 heteroatoms. The van der Waals surface area contributed by atoms with Gasteiger partial charge in [-0.3, -0.25) is 0 Å². The van der Waals surface area contributed by atoms with Gasteiger partial charge >= 0.3 is 18.9 Å². The summed E-state index contributed by atoms with van der Waals surface area (Å²) in [4.78, 5) is 0. The zero-order valence-corrected chi connectivity index (χ0v) is 8.10. The number of hydrogen-bond donors (Lipinski definition) is 0. The third-order valence-corrected chi connectivity index (χ3v) is 1.97. The summed E-state index contributed by atoms with van der Waals surface area (Å²) < 4.78 is 0. The van der Waals surface area contributed by atoms with Crippen LogP contribution < -0.4 is 24.0 Å². The normalized spacial score (nSPS) is 9.14. The molecule has 0 aromatic heterocycles. The maximum absolute atomic E-state index is 11.4. The molecule has 0 spiro atoms. The van der Waals surface area contributed by atoms with Crippen LogP contribution in [0.15, 0.2) is 54.6 Å². The molecule has 0 saturated carbocycles. The van der Waals surface area contributed by atoms with Gasteiger partial charge in [-0.25, -0.2) is 0 Å². The van der Waals surface area contributed by atoms with Crippen molar-refractivity contribution in [3.8, 4) is 16.9 Å². The van der Waals surface area contributed by atoms with Gasteiger partial charge in [-0.1, -0.05) is 54.6 Å². The van der Waals surface area contributed by atoms with Gasteiger partial charge < -0.3 is 5.11 Å². The van der Waals surface area contributed by atoms with E-state index in [0.29, 0.717) is 0 Å². The van der Waals surface area contributed by atoms with Gasteiger partial charge in [0, 0.05) is 0 Å². The summed E-state index contributed by atoms with van der Waals surface area (Å²) in [6, 6.07) is 16.8. The monoisotopic (exact) mass is 176 g/mol. The van der Waals surface area contributed by atoms with Crippen LogP contribution in [0, 0.1) is 0 Å². The summed E-state index contributed by atoms with van der Waals surface area (Å²) >= 11 is 0. The Bertz CT molecular complexity index is 398. The molecule has 14 heavy (non-hydrogen) atoms. The minimum atomic E-state index is 0. The first-order valence-corrected chi connectivity index (χ1v) is 4.19. The molecule has 0 unspecified atom stereocenters. The first kappa shape index (κ1) is 10.9. The Morgan fingerprint density at radius 3 is 1.93 bits per heavy atom. The van der Waals surface area contributed by atoms with Crippen molar-refractivity contribution in [2.24, 2.45) is 0 Å². The molecular formula is C12H9LiO. The van der Waals surface area contributed by atoms with Crippen LogP contribution in [0.2, 0.25) is 0 Å². The third kappa shape index (κ3) is 2.20. The van der Waals surface area contributed by atoms with E-state index in [-0.39, 0.29) is 24.6 Å². The van der Waals surface area contributed by atoms with Gasteiger partial charge in [0.1, 0.15) is 0 Å². The smallest absolute Gasteiger partial charge is 0.872 e. The topological polar surface area (TPSA) is 23.1 Å². The molecule has 1 nitrogen and oxygen atoms in total. The maximum Gasteiger partial charge on any atom is 1.00 e. The van der Waals surface area contributed by atoms with E-state index in [9.17, 15) is 5.11 Å². The van der Waals surface area contributed by atoms with Crippen molar-refractivity contribution in [3.05, 3.63) is 54.6 Å². The second-order valence-electron chi connectivity index (χ2n) is 2.86. The Labute approximate surface area is 95.6 Å². The number of rotatable bonds is 1. The summed E-state index contributed by atoms with van der Waals surface area (Å²) in [5.74, 6) is 0.0775. The van der Waals surface area contributed by atoms with Gasteiger partial charge in [0.2, 0.25) is 0 Å². The first-order valence-electron chi connectivity index (χ1n) is 4.19. The minimum Gasteiger partial charge on any atom is -0.872 e. The Balaban J connectivity index is 0.000000980. The fourth-order valence-electron chi connectivity index (χ4n) is 1.32. The zero-order chi connectivity index (χ0) is 9.10. The summed E-state index contributed by atoms with van der Waals surface area (Å²) in [5.41, 5.74) is 1.75. The van der Waals surface area contributed by atoms with Gasteiger partial charge in [-0.2, -0.15) is 0 Å². The average Bonchev–Trinajstić information content (AvgIpc) is 2.20. The van der Waals surface area contributed by atoms with Gasteiger partial charge in [-0.15, -0.1) is 5.75 Å².